The van der Waals surface area contributed by atoms with Gasteiger partial charge in [0.1, 0.15) is 12.7 Å². The minimum absolute atomic E-state index is 0. The van der Waals surface area contributed by atoms with Gasteiger partial charge in [0.25, 0.3) is 5.91 Å². The zero-order valence-electron chi connectivity index (χ0n) is 15.6. The Hall–Kier alpha value is -2.95. The Morgan fingerprint density at radius 1 is 1.12 bits per heavy atom. The summed E-state index contributed by atoms with van der Waals surface area (Å²) < 4.78 is 1.75. The molecule has 0 atom stereocenters. The van der Waals surface area contributed by atoms with Crippen LogP contribution in [-0.2, 0) is 6.54 Å². The molecule has 26 heavy (non-hydrogen) atoms. The van der Waals surface area contributed by atoms with E-state index in [9.17, 15) is 4.79 Å². The van der Waals surface area contributed by atoms with Gasteiger partial charge in [-0.3, -0.25) is 4.79 Å². The first kappa shape index (κ1) is 19.4. The number of hydrogen-bond acceptors (Lipinski definition) is 3. The van der Waals surface area contributed by atoms with Crippen LogP contribution in [0, 0.1) is 6.92 Å². The molecule has 1 amide bonds. The number of benzene rings is 2. The van der Waals surface area contributed by atoms with Crippen LogP contribution in [0.15, 0.2) is 61.2 Å². The summed E-state index contributed by atoms with van der Waals surface area (Å²) in [6.45, 7) is 6.99. The zero-order chi connectivity index (χ0) is 18.8. The predicted octanol–water partition coefficient (Wildman–Crippen LogP) is 4.94. The van der Waals surface area contributed by atoms with Gasteiger partial charge in [-0.25, -0.2) is 9.67 Å². The van der Waals surface area contributed by atoms with Crippen LogP contribution in [0.3, 0.4) is 0 Å². The number of aryl methyl sites for hydroxylation is 1. The van der Waals surface area contributed by atoms with Gasteiger partial charge in [0, 0.05) is 12.7 Å². The van der Waals surface area contributed by atoms with Gasteiger partial charge in [-0.15, -0.1) is 0 Å². The number of rotatable bonds is 5. The van der Waals surface area contributed by atoms with Crippen molar-refractivity contribution >= 4 is 11.6 Å². The minimum Gasteiger partial charge on any atom is -0.322 e. The standard InChI is InChI=1S/C17H16N4O.C4H10.H2/c1-13-3-2-4-15(9-13)17(22)20-16-7-5-14(6-8-16)10-21-12-18-11-19-21;1-3-4-2;/h2-9,11-12H,10H2,1H3,(H,20,22);3-4H2,1-2H3;1H. The molecule has 0 unspecified atom stereocenters. The molecule has 3 rings (SSSR count). The van der Waals surface area contributed by atoms with Gasteiger partial charge in [0.2, 0.25) is 0 Å². The van der Waals surface area contributed by atoms with Crippen molar-refractivity contribution < 1.29 is 6.22 Å². The highest BCUT2D eigenvalue weighted by molar-refractivity contribution is 6.04. The van der Waals surface area contributed by atoms with Gasteiger partial charge >= 0.3 is 0 Å². The Morgan fingerprint density at radius 2 is 1.85 bits per heavy atom. The fourth-order valence-electron chi connectivity index (χ4n) is 2.18. The SMILES string of the molecule is CCCC.Cc1cccc(C(=O)Nc2ccc(Cn3cncn3)cc2)c1.[HH]. The predicted molar refractivity (Wildman–Crippen MR) is 107 cm³/mol. The molecule has 0 saturated heterocycles. The van der Waals surface area contributed by atoms with Crippen LogP contribution < -0.4 is 5.32 Å². The lowest BCUT2D eigenvalue weighted by Crippen LogP contribution is -2.12. The number of nitrogens with one attached hydrogen (secondary N) is 1. The molecule has 138 valence electrons. The van der Waals surface area contributed by atoms with Gasteiger partial charge in [-0.1, -0.05) is 56.5 Å². The van der Waals surface area contributed by atoms with Crippen molar-refractivity contribution in [1.29, 1.82) is 0 Å². The Morgan fingerprint density at radius 3 is 2.42 bits per heavy atom. The van der Waals surface area contributed by atoms with Crippen LogP contribution in [0.5, 0.6) is 0 Å². The number of carbonyl (C=O) groups excluding carboxylic acids is 1. The topological polar surface area (TPSA) is 59.8 Å². The summed E-state index contributed by atoms with van der Waals surface area (Å²) in [5.74, 6) is -0.104. The average molecular weight is 352 g/mol. The molecule has 3 aromatic rings. The van der Waals surface area contributed by atoms with Crippen molar-refractivity contribution in [2.45, 2.75) is 40.2 Å². The second kappa shape index (κ2) is 10.1. The molecule has 1 N–H and O–H groups in total. The van der Waals surface area contributed by atoms with Crippen LogP contribution in [-0.4, -0.2) is 20.7 Å². The molecular formula is C21H28N4O. The molecular weight excluding hydrogens is 324 g/mol. The van der Waals surface area contributed by atoms with E-state index in [0.717, 1.165) is 16.8 Å². The van der Waals surface area contributed by atoms with Crippen molar-refractivity contribution in [3.8, 4) is 0 Å². The molecule has 0 aliphatic carbocycles. The molecule has 0 aliphatic heterocycles. The molecule has 0 fully saturated rings. The third-order valence-corrected chi connectivity index (χ3v) is 3.80. The largest absolute Gasteiger partial charge is 0.322 e. The minimum atomic E-state index is -0.104. The lowest BCUT2D eigenvalue weighted by Gasteiger charge is -2.07. The lowest BCUT2D eigenvalue weighted by atomic mass is 10.1. The van der Waals surface area contributed by atoms with Gasteiger partial charge in [0.15, 0.2) is 0 Å². The van der Waals surface area contributed by atoms with Gasteiger partial charge in [-0.05, 0) is 36.8 Å². The van der Waals surface area contributed by atoms with E-state index in [4.69, 9.17) is 0 Å². The molecule has 0 spiro atoms. The van der Waals surface area contributed by atoms with Crippen molar-refractivity contribution in [2.24, 2.45) is 0 Å². The number of nitrogens with zero attached hydrogens (tertiary/aromatic N) is 3. The van der Waals surface area contributed by atoms with E-state index in [2.05, 4.69) is 29.2 Å². The van der Waals surface area contributed by atoms with E-state index in [0.29, 0.717) is 12.1 Å². The molecule has 0 aliphatic rings. The van der Waals surface area contributed by atoms with Gasteiger partial charge in [-0.2, -0.15) is 5.10 Å². The molecule has 5 heteroatoms. The molecule has 0 bridgehead atoms. The summed E-state index contributed by atoms with van der Waals surface area (Å²) in [7, 11) is 0. The van der Waals surface area contributed by atoms with Crippen molar-refractivity contribution in [1.82, 2.24) is 14.8 Å². The zero-order valence-corrected chi connectivity index (χ0v) is 15.6. The first-order valence-corrected chi connectivity index (χ1v) is 8.91. The molecule has 0 radical (unpaired) electrons. The number of aromatic nitrogens is 3. The summed E-state index contributed by atoms with van der Waals surface area (Å²) in [6, 6.07) is 15.2. The van der Waals surface area contributed by atoms with E-state index in [1.165, 1.54) is 19.2 Å². The van der Waals surface area contributed by atoms with Crippen LogP contribution >= 0.6 is 0 Å². The summed E-state index contributed by atoms with van der Waals surface area (Å²) in [5.41, 5.74) is 3.59. The van der Waals surface area contributed by atoms with Crippen LogP contribution in [0.4, 0.5) is 5.69 Å². The maximum absolute atomic E-state index is 12.2. The lowest BCUT2D eigenvalue weighted by molar-refractivity contribution is 0.102. The number of carbonyl (C=O) groups is 1. The summed E-state index contributed by atoms with van der Waals surface area (Å²) in [4.78, 5) is 16.1. The average Bonchev–Trinajstić information content (AvgIpc) is 3.16. The van der Waals surface area contributed by atoms with E-state index < -0.39 is 0 Å². The number of amides is 1. The van der Waals surface area contributed by atoms with Crippen LogP contribution in [0.25, 0.3) is 0 Å². The summed E-state index contributed by atoms with van der Waals surface area (Å²) in [5, 5.41) is 6.96. The highest BCUT2D eigenvalue weighted by Crippen LogP contribution is 2.13. The highest BCUT2D eigenvalue weighted by Gasteiger charge is 2.06. The smallest absolute Gasteiger partial charge is 0.255 e. The number of hydrogen-bond donors (Lipinski definition) is 1. The first-order valence-electron chi connectivity index (χ1n) is 8.91. The second-order valence-corrected chi connectivity index (χ2v) is 6.11. The van der Waals surface area contributed by atoms with Crippen molar-refractivity contribution in [3.63, 3.8) is 0 Å². The fourth-order valence-corrected chi connectivity index (χ4v) is 2.18. The molecule has 1 aromatic heterocycles. The quantitative estimate of drug-likeness (QED) is 0.707. The molecule has 2 aromatic carbocycles. The molecule has 1 heterocycles. The third-order valence-electron chi connectivity index (χ3n) is 3.80. The normalized spacial score (nSPS) is 9.96. The van der Waals surface area contributed by atoms with Gasteiger partial charge in [0.05, 0.1) is 6.54 Å². The van der Waals surface area contributed by atoms with Crippen LogP contribution in [0.1, 0.15) is 49.6 Å². The Bertz CT molecular complexity index is 799. The maximum atomic E-state index is 12.2. The molecule has 5 nitrogen and oxygen atoms in total. The van der Waals surface area contributed by atoms with E-state index >= 15 is 0 Å². The monoisotopic (exact) mass is 352 g/mol. The van der Waals surface area contributed by atoms with E-state index in [1.807, 2.05) is 49.4 Å². The third kappa shape index (κ3) is 6.16. The highest BCUT2D eigenvalue weighted by atomic mass is 16.1. The van der Waals surface area contributed by atoms with Crippen LogP contribution in [0.2, 0.25) is 0 Å². The number of anilines is 1. The Labute approximate surface area is 156 Å². The molecule has 0 saturated carbocycles. The maximum Gasteiger partial charge on any atom is 0.255 e. The summed E-state index contributed by atoms with van der Waals surface area (Å²) >= 11 is 0. The first-order chi connectivity index (χ1) is 12.6. The van der Waals surface area contributed by atoms with Gasteiger partial charge < -0.3 is 5.32 Å². The van der Waals surface area contributed by atoms with E-state index in [-0.39, 0.29) is 7.33 Å². The number of unbranched alkanes of at least 4 members (excludes halogenated alkanes) is 1. The summed E-state index contributed by atoms with van der Waals surface area (Å²) in [6.07, 6.45) is 5.82. The fraction of sp³-hybridized carbons (Fsp3) is 0.286. The second-order valence-electron chi connectivity index (χ2n) is 6.11. The Kier molecular flexibility index (Phi) is 7.55. The van der Waals surface area contributed by atoms with Crippen molar-refractivity contribution in [2.75, 3.05) is 5.32 Å². The van der Waals surface area contributed by atoms with E-state index in [1.54, 1.807) is 17.1 Å². The van der Waals surface area contributed by atoms with Crippen molar-refractivity contribution in [3.05, 3.63) is 77.9 Å². The Balaban J connectivity index is 0.000000666.